The van der Waals surface area contributed by atoms with E-state index in [1.54, 1.807) is 13.8 Å². The summed E-state index contributed by atoms with van der Waals surface area (Å²) < 4.78 is 0. The first-order chi connectivity index (χ1) is 5.46. The van der Waals surface area contributed by atoms with Crippen LogP contribution in [0.2, 0.25) is 0 Å². The summed E-state index contributed by atoms with van der Waals surface area (Å²) in [6, 6.07) is 0.413. The number of likely N-dealkylation sites (tertiary alicyclic amines) is 1. The van der Waals surface area contributed by atoms with E-state index in [9.17, 15) is 4.79 Å². The lowest BCUT2D eigenvalue weighted by atomic mass is 10.0. The van der Waals surface area contributed by atoms with Crippen LogP contribution in [0.3, 0.4) is 0 Å². The Bertz CT molecular complexity index is 189. The quantitative estimate of drug-likeness (QED) is 0.681. The van der Waals surface area contributed by atoms with E-state index in [4.69, 9.17) is 5.11 Å². The number of rotatable bonds is 2. The van der Waals surface area contributed by atoms with Crippen molar-refractivity contribution in [1.29, 1.82) is 0 Å². The van der Waals surface area contributed by atoms with Crippen molar-refractivity contribution in [3.63, 3.8) is 0 Å². The van der Waals surface area contributed by atoms with E-state index in [0.29, 0.717) is 6.04 Å². The molecule has 1 rings (SSSR count). The minimum absolute atomic E-state index is 0.413. The first kappa shape index (κ1) is 9.52. The highest BCUT2D eigenvalue weighted by molar-refractivity contribution is 5.77. The van der Waals surface area contributed by atoms with Gasteiger partial charge in [-0.3, -0.25) is 9.69 Å². The molecule has 1 saturated heterocycles. The highest BCUT2D eigenvalue weighted by Gasteiger charge is 2.39. The third kappa shape index (κ3) is 1.46. The Morgan fingerprint density at radius 3 is 2.50 bits per heavy atom. The SMILES string of the molecule is CC1CCCN1C(C)(C)C(=O)O. The second-order valence-electron chi connectivity index (χ2n) is 4.05. The molecule has 0 spiro atoms. The molecule has 1 fully saturated rings. The molecule has 0 aromatic rings. The Morgan fingerprint density at radius 2 is 2.17 bits per heavy atom. The molecule has 0 aliphatic carbocycles. The average molecular weight is 171 g/mol. The molecule has 0 aromatic carbocycles. The largest absolute Gasteiger partial charge is 0.480 e. The van der Waals surface area contributed by atoms with Crippen LogP contribution in [0, 0.1) is 0 Å². The molecule has 3 heteroatoms. The Hall–Kier alpha value is -0.570. The highest BCUT2D eigenvalue weighted by Crippen LogP contribution is 2.26. The van der Waals surface area contributed by atoms with Crippen molar-refractivity contribution in [3.8, 4) is 0 Å². The molecule has 1 atom stereocenters. The number of hydrogen-bond acceptors (Lipinski definition) is 2. The van der Waals surface area contributed by atoms with Gasteiger partial charge >= 0.3 is 5.97 Å². The lowest BCUT2D eigenvalue weighted by Gasteiger charge is -2.34. The van der Waals surface area contributed by atoms with Gasteiger partial charge in [-0.2, -0.15) is 0 Å². The van der Waals surface area contributed by atoms with Crippen molar-refractivity contribution in [3.05, 3.63) is 0 Å². The van der Waals surface area contributed by atoms with Crippen molar-refractivity contribution in [1.82, 2.24) is 4.90 Å². The number of hydrogen-bond donors (Lipinski definition) is 1. The molecular formula is C9H17NO2. The first-order valence-electron chi connectivity index (χ1n) is 4.46. The van der Waals surface area contributed by atoms with Gasteiger partial charge in [0.1, 0.15) is 5.54 Å². The van der Waals surface area contributed by atoms with E-state index in [1.165, 1.54) is 0 Å². The van der Waals surface area contributed by atoms with E-state index >= 15 is 0 Å². The number of carboxylic acids is 1. The predicted molar refractivity (Wildman–Crippen MR) is 47.1 cm³/mol. The maximum atomic E-state index is 10.9. The summed E-state index contributed by atoms with van der Waals surface area (Å²) >= 11 is 0. The summed E-state index contributed by atoms with van der Waals surface area (Å²) in [5.74, 6) is -0.726. The van der Waals surface area contributed by atoms with Crippen molar-refractivity contribution in [2.24, 2.45) is 0 Å². The Balaban J connectivity index is 2.73. The van der Waals surface area contributed by atoms with Crippen LogP contribution in [0.25, 0.3) is 0 Å². The first-order valence-corrected chi connectivity index (χ1v) is 4.46. The zero-order chi connectivity index (χ0) is 9.35. The van der Waals surface area contributed by atoms with Crippen LogP contribution in [0.4, 0.5) is 0 Å². The lowest BCUT2D eigenvalue weighted by Crippen LogP contribution is -2.51. The van der Waals surface area contributed by atoms with Crippen LogP contribution >= 0.6 is 0 Å². The second kappa shape index (κ2) is 3.05. The predicted octanol–water partition coefficient (Wildman–Crippen LogP) is 1.33. The maximum absolute atomic E-state index is 10.9. The summed E-state index contributed by atoms with van der Waals surface area (Å²) in [4.78, 5) is 13.0. The molecule has 1 aliphatic rings. The molecule has 0 bridgehead atoms. The van der Waals surface area contributed by atoms with Crippen molar-refractivity contribution < 1.29 is 9.90 Å². The molecule has 1 N–H and O–H groups in total. The van der Waals surface area contributed by atoms with Gasteiger partial charge < -0.3 is 5.11 Å². The summed E-state index contributed by atoms with van der Waals surface area (Å²) in [5, 5.41) is 8.98. The molecule has 0 saturated carbocycles. The molecule has 3 nitrogen and oxygen atoms in total. The minimum Gasteiger partial charge on any atom is -0.480 e. The van der Waals surface area contributed by atoms with E-state index in [1.807, 2.05) is 0 Å². The normalized spacial score (nSPS) is 26.1. The van der Waals surface area contributed by atoms with Gasteiger partial charge in [-0.25, -0.2) is 0 Å². The van der Waals surface area contributed by atoms with Gasteiger partial charge in [-0.15, -0.1) is 0 Å². The van der Waals surface area contributed by atoms with Crippen LogP contribution in [0.5, 0.6) is 0 Å². The van der Waals surface area contributed by atoms with Gasteiger partial charge in [0.2, 0.25) is 0 Å². The van der Waals surface area contributed by atoms with Gasteiger partial charge in [-0.05, 0) is 40.2 Å². The van der Waals surface area contributed by atoms with Crippen LogP contribution < -0.4 is 0 Å². The number of nitrogens with zero attached hydrogens (tertiary/aromatic N) is 1. The number of aliphatic carboxylic acids is 1. The van der Waals surface area contributed by atoms with E-state index in [2.05, 4.69) is 11.8 Å². The molecule has 0 aromatic heterocycles. The lowest BCUT2D eigenvalue weighted by molar-refractivity contribution is -0.149. The van der Waals surface area contributed by atoms with Crippen LogP contribution in [-0.2, 0) is 4.79 Å². The van der Waals surface area contributed by atoms with Gasteiger partial charge in [0, 0.05) is 6.04 Å². The highest BCUT2D eigenvalue weighted by atomic mass is 16.4. The minimum atomic E-state index is -0.726. The Morgan fingerprint density at radius 1 is 1.58 bits per heavy atom. The molecule has 12 heavy (non-hydrogen) atoms. The third-order valence-corrected chi connectivity index (χ3v) is 2.79. The second-order valence-corrected chi connectivity index (χ2v) is 4.05. The van der Waals surface area contributed by atoms with Crippen molar-refractivity contribution >= 4 is 5.97 Å². The molecule has 0 radical (unpaired) electrons. The summed E-state index contributed by atoms with van der Waals surface area (Å²) in [7, 11) is 0. The summed E-state index contributed by atoms with van der Waals surface area (Å²) in [6.07, 6.45) is 2.24. The van der Waals surface area contributed by atoms with Crippen LogP contribution in [0.15, 0.2) is 0 Å². The van der Waals surface area contributed by atoms with Gasteiger partial charge in [-0.1, -0.05) is 0 Å². The van der Waals surface area contributed by atoms with Gasteiger partial charge in [0.25, 0.3) is 0 Å². The zero-order valence-corrected chi connectivity index (χ0v) is 8.00. The smallest absolute Gasteiger partial charge is 0.323 e. The fraction of sp³-hybridized carbons (Fsp3) is 0.889. The zero-order valence-electron chi connectivity index (χ0n) is 8.00. The molecular weight excluding hydrogens is 154 g/mol. The topological polar surface area (TPSA) is 40.5 Å². The monoisotopic (exact) mass is 171 g/mol. The number of carbonyl (C=O) groups is 1. The molecule has 0 amide bonds. The summed E-state index contributed by atoms with van der Waals surface area (Å²) in [6.45, 7) is 6.56. The fourth-order valence-corrected chi connectivity index (χ4v) is 1.89. The molecule has 1 heterocycles. The van der Waals surface area contributed by atoms with Crippen LogP contribution in [0.1, 0.15) is 33.6 Å². The number of carboxylic acid groups (broad SMARTS) is 1. The third-order valence-electron chi connectivity index (χ3n) is 2.79. The summed E-state index contributed by atoms with van der Waals surface area (Å²) in [5.41, 5.74) is -0.698. The Kier molecular flexibility index (Phi) is 2.42. The molecule has 1 unspecified atom stereocenters. The Labute approximate surface area is 73.4 Å². The van der Waals surface area contributed by atoms with E-state index in [0.717, 1.165) is 19.4 Å². The van der Waals surface area contributed by atoms with E-state index in [-0.39, 0.29) is 0 Å². The van der Waals surface area contributed by atoms with Crippen LogP contribution in [-0.4, -0.2) is 34.1 Å². The fourth-order valence-electron chi connectivity index (χ4n) is 1.89. The molecule has 1 aliphatic heterocycles. The average Bonchev–Trinajstić information content (AvgIpc) is 2.35. The van der Waals surface area contributed by atoms with E-state index < -0.39 is 11.5 Å². The van der Waals surface area contributed by atoms with Crippen molar-refractivity contribution in [2.75, 3.05) is 6.54 Å². The van der Waals surface area contributed by atoms with Gasteiger partial charge in [0.05, 0.1) is 0 Å². The van der Waals surface area contributed by atoms with Gasteiger partial charge in [0.15, 0.2) is 0 Å². The standard InChI is InChI=1S/C9H17NO2/c1-7-5-4-6-10(7)9(2,3)8(11)12/h7H,4-6H2,1-3H3,(H,11,12). The maximum Gasteiger partial charge on any atom is 0.323 e. The van der Waals surface area contributed by atoms with Crippen molar-refractivity contribution in [2.45, 2.75) is 45.2 Å². The molecule has 70 valence electrons.